The number of hydrogen-bond donors (Lipinski definition) is 1. The van der Waals surface area contributed by atoms with Crippen LogP contribution in [0.4, 0.5) is 18.9 Å². The van der Waals surface area contributed by atoms with Crippen LogP contribution < -0.4 is 10.2 Å². The number of rotatable bonds is 6. The monoisotopic (exact) mass is 338 g/mol. The molecule has 6 heteroatoms. The van der Waals surface area contributed by atoms with Crippen LogP contribution in [-0.4, -0.2) is 26.3 Å². The molecule has 0 bridgehead atoms. The van der Waals surface area contributed by atoms with Crippen molar-refractivity contribution in [2.45, 2.75) is 26.1 Å². The van der Waals surface area contributed by atoms with Crippen LogP contribution in [0.3, 0.4) is 0 Å². The first-order valence-corrected chi connectivity index (χ1v) is 6.90. The highest BCUT2D eigenvalue weighted by molar-refractivity contribution is 9.10. The summed E-state index contributed by atoms with van der Waals surface area (Å²) in [5.74, 6) is 0. The Kier molecular flexibility index (Phi) is 6.13. The van der Waals surface area contributed by atoms with Crippen molar-refractivity contribution < 1.29 is 13.2 Å². The largest absolute Gasteiger partial charge is 0.405 e. The number of hydrogen-bond acceptors (Lipinski definition) is 2. The van der Waals surface area contributed by atoms with Crippen LogP contribution in [0.25, 0.3) is 0 Å². The van der Waals surface area contributed by atoms with Crippen LogP contribution in [0.5, 0.6) is 0 Å². The zero-order chi connectivity index (χ0) is 14.5. The Morgan fingerprint density at radius 1 is 1.32 bits per heavy atom. The maximum Gasteiger partial charge on any atom is 0.405 e. The highest BCUT2D eigenvalue weighted by atomic mass is 79.9. The molecule has 0 aromatic heterocycles. The van der Waals surface area contributed by atoms with Gasteiger partial charge in [-0.15, -0.1) is 0 Å². The lowest BCUT2D eigenvalue weighted by atomic mass is 10.2. The first-order valence-electron chi connectivity index (χ1n) is 6.10. The Morgan fingerprint density at radius 3 is 2.53 bits per heavy atom. The van der Waals surface area contributed by atoms with Crippen molar-refractivity contribution in [2.24, 2.45) is 0 Å². The van der Waals surface area contributed by atoms with Crippen molar-refractivity contribution in [1.29, 1.82) is 0 Å². The Balaban J connectivity index is 2.70. The number of anilines is 1. The summed E-state index contributed by atoms with van der Waals surface area (Å²) in [5, 5.41) is 3.26. The third kappa shape index (κ3) is 5.82. The minimum absolute atomic E-state index is 0.545. The topological polar surface area (TPSA) is 15.3 Å². The molecule has 0 saturated carbocycles. The summed E-state index contributed by atoms with van der Waals surface area (Å²) in [6, 6.07) is 5.27. The van der Waals surface area contributed by atoms with Gasteiger partial charge in [-0.1, -0.05) is 28.9 Å². The molecule has 0 amide bonds. The van der Waals surface area contributed by atoms with E-state index in [-0.39, 0.29) is 0 Å². The maximum absolute atomic E-state index is 12.3. The van der Waals surface area contributed by atoms with Gasteiger partial charge < -0.3 is 10.2 Å². The molecule has 0 aliphatic heterocycles. The fourth-order valence-corrected chi connectivity index (χ4v) is 2.18. The van der Waals surface area contributed by atoms with E-state index in [9.17, 15) is 13.2 Å². The Hall–Kier alpha value is -0.750. The molecule has 1 N–H and O–H groups in total. The molecule has 2 nitrogen and oxygen atoms in total. The second-order valence-corrected chi connectivity index (χ2v) is 5.28. The van der Waals surface area contributed by atoms with Gasteiger partial charge in [-0.3, -0.25) is 0 Å². The Bertz CT molecular complexity index is 407. The fourth-order valence-electron chi connectivity index (χ4n) is 1.68. The van der Waals surface area contributed by atoms with Crippen LogP contribution in [0, 0.1) is 0 Å². The van der Waals surface area contributed by atoms with Crippen LogP contribution in [-0.2, 0) is 6.54 Å². The molecule has 0 radical (unpaired) electrons. The lowest BCUT2D eigenvalue weighted by Crippen LogP contribution is -2.30. The standard InChI is InChI=1S/C13H18BrF3N2/c1-3-6-18-8-10-4-5-11(7-12(10)14)19(2)9-13(15,16)17/h4-5,7,18H,3,6,8-9H2,1-2H3. The predicted molar refractivity (Wildman–Crippen MR) is 75.5 cm³/mol. The van der Waals surface area contributed by atoms with Gasteiger partial charge in [0, 0.05) is 23.8 Å². The molecule has 108 valence electrons. The predicted octanol–water partition coefficient (Wildman–Crippen LogP) is 3.95. The van der Waals surface area contributed by atoms with Gasteiger partial charge in [0.2, 0.25) is 0 Å². The minimum Gasteiger partial charge on any atom is -0.366 e. The molecule has 19 heavy (non-hydrogen) atoms. The number of nitrogens with zero attached hydrogens (tertiary/aromatic N) is 1. The van der Waals surface area contributed by atoms with E-state index in [4.69, 9.17) is 0 Å². The van der Waals surface area contributed by atoms with E-state index in [1.165, 1.54) is 11.9 Å². The second kappa shape index (κ2) is 7.14. The summed E-state index contributed by atoms with van der Waals surface area (Å²) in [4.78, 5) is 1.19. The molecule has 1 aromatic carbocycles. The van der Waals surface area contributed by atoms with E-state index in [1.807, 2.05) is 6.07 Å². The van der Waals surface area contributed by atoms with Crippen molar-refractivity contribution in [2.75, 3.05) is 25.0 Å². The average Bonchev–Trinajstić information content (AvgIpc) is 2.29. The highest BCUT2D eigenvalue weighted by Gasteiger charge is 2.29. The van der Waals surface area contributed by atoms with Gasteiger partial charge in [-0.2, -0.15) is 13.2 Å². The molecule has 1 rings (SSSR count). The summed E-state index contributed by atoms with van der Waals surface area (Å²) in [7, 11) is 1.43. The molecule has 0 saturated heterocycles. The van der Waals surface area contributed by atoms with Crippen molar-refractivity contribution in [3.63, 3.8) is 0 Å². The maximum atomic E-state index is 12.3. The Labute approximate surface area is 120 Å². The summed E-state index contributed by atoms with van der Waals surface area (Å²) < 4.78 is 37.8. The molecule has 0 spiro atoms. The number of benzene rings is 1. The van der Waals surface area contributed by atoms with E-state index in [1.54, 1.807) is 12.1 Å². The number of nitrogens with one attached hydrogen (secondary N) is 1. The van der Waals surface area contributed by atoms with Crippen LogP contribution in [0.1, 0.15) is 18.9 Å². The van der Waals surface area contributed by atoms with Gasteiger partial charge >= 0.3 is 6.18 Å². The van der Waals surface area contributed by atoms with E-state index in [0.717, 1.165) is 23.0 Å². The van der Waals surface area contributed by atoms with Gasteiger partial charge in [-0.05, 0) is 30.7 Å². The summed E-state index contributed by atoms with van der Waals surface area (Å²) in [6.45, 7) is 2.75. The number of alkyl halides is 3. The summed E-state index contributed by atoms with van der Waals surface area (Å²) in [5.41, 5.74) is 1.58. The average molecular weight is 339 g/mol. The lowest BCUT2D eigenvalue weighted by Gasteiger charge is -2.21. The molecule has 0 aliphatic carbocycles. The highest BCUT2D eigenvalue weighted by Crippen LogP contribution is 2.26. The van der Waals surface area contributed by atoms with Gasteiger partial charge in [0.25, 0.3) is 0 Å². The SMILES string of the molecule is CCCNCc1ccc(N(C)CC(F)(F)F)cc1Br. The van der Waals surface area contributed by atoms with Crippen molar-refractivity contribution >= 4 is 21.6 Å². The molecule has 0 heterocycles. The third-order valence-corrected chi connectivity index (χ3v) is 3.37. The molecule has 0 atom stereocenters. The van der Waals surface area contributed by atoms with Crippen LogP contribution in [0.15, 0.2) is 22.7 Å². The molecule has 0 unspecified atom stereocenters. The summed E-state index contributed by atoms with van der Waals surface area (Å²) in [6.07, 6.45) is -3.15. The van der Waals surface area contributed by atoms with E-state index in [0.29, 0.717) is 12.2 Å². The van der Waals surface area contributed by atoms with Crippen molar-refractivity contribution in [3.8, 4) is 0 Å². The number of halogens is 4. The van der Waals surface area contributed by atoms with Gasteiger partial charge in [-0.25, -0.2) is 0 Å². The van der Waals surface area contributed by atoms with Gasteiger partial charge in [0.1, 0.15) is 6.54 Å². The smallest absolute Gasteiger partial charge is 0.366 e. The summed E-state index contributed by atoms with van der Waals surface area (Å²) >= 11 is 3.40. The van der Waals surface area contributed by atoms with Crippen molar-refractivity contribution in [3.05, 3.63) is 28.2 Å². The first-order chi connectivity index (χ1) is 8.83. The fraction of sp³-hybridized carbons (Fsp3) is 0.538. The van der Waals surface area contributed by atoms with Gasteiger partial charge in [0.15, 0.2) is 0 Å². The van der Waals surface area contributed by atoms with Crippen molar-refractivity contribution in [1.82, 2.24) is 5.32 Å². The molecular weight excluding hydrogens is 321 g/mol. The molecule has 1 aromatic rings. The van der Waals surface area contributed by atoms with E-state index in [2.05, 4.69) is 28.2 Å². The van der Waals surface area contributed by atoms with Crippen LogP contribution >= 0.6 is 15.9 Å². The third-order valence-electron chi connectivity index (χ3n) is 2.64. The Morgan fingerprint density at radius 2 is 2.00 bits per heavy atom. The second-order valence-electron chi connectivity index (χ2n) is 4.42. The van der Waals surface area contributed by atoms with Crippen LogP contribution in [0.2, 0.25) is 0 Å². The molecular formula is C13H18BrF3N2. The quantitative estimate of drug-likeness (QED) is 0.790. The zero-order valence-corrected chi connectivity index (χ0v) is 12.6. The molecule has 0 fully saturated rings. The van der Waals surface area contributed by atoms with Gasteiger partial charge in [0.05, 0.1) is 0 Å². The lowest BCUT2D eigenvalue weighted by molar-refractivity contribution is -0.119. The normalized spacial score (nSPS) is 11.7. The molecule has 0 aliphatic rings. The zero-order valence-electron chi connectivity index (χ0n) is 11.0. The minimum atomic E-state index is -4.19. The van der Waals surface area contributed by atoms with E-state index >= 15 is 0 Å². The van der Waals surface area contributed by atoms with E-state index < -0.39 is 12.7 Å². The first kappa shape index (κ1) is 16.3.